The van der Waals surface area contributed by atoms with Crippen molar-refractivity contribution in [2.24, 2.45) is 0 Å². The van der Waals surface area contributed by atoms with Gasteiger partial charge in [-0.2, -0.15) is 4.98 Å². The fraction of sp³-hybridized carbons (Fsp3) is 0.533. The molecule has 1 atom stereocenters. The van der Waals surface area contributed by atoms with Crippen LogP contribution < -0.4 is 5.32 Å². The minimum absolute atomic E-state index is 0.164. The van der Waals surface area contributed by atoms with E-state index in [0.29, 0.717) is 5.82 Å². The smallest absolute Gasteiger partial charge is 0.214 e. The Labute approximate surface area is 129 Å². The zero-order valence-corrected chi connectivity index (χ0v) is 12.5. The Balaban J connectivity index is 1.50. The van der Waals surface area contributed by atoms with Crippen LogP contribution in [0.3, 0.4) is 0 Å². The van der Waals surface area contributed by atoms with Crippen LogP contribution in [0.15, 0.2) is 29.2 Å². The van der Waals surface area contributed by atoms with Crippen molar-refractivity contribution in [3.05, 3.63) is 24.7 Å². The van der Waals surface area contributed by atoms with E-state index in [2.05, 4.69) is 25.3 Å². The van der Waals surface area contributed by atoms with Crippen molar-refractivity contribution < 1.29 is 9.63 Å². The van der Waals surface area contributed by atoms with Crippen molar-refractivity contribution in [2.45, 2.75) is 25.4 Å². The van der Waals surface area contributed by atoms with Gasteiger partial charge in [-0.05, 0) is 44.5 Å². The summed E-state index contributed by atoms with van der Waals surface area (Å²) in [5.74, 6) is 1.30. The molecule has 22 heavy (non-hydrogen) atoms. The van der Waals surface area contributed by atoms with E-state index in [-0.39, 0.29) is 6.10 Å². The maximum atomic E-state index is 9.67. The van der Waals surface area contributed by atoms with E-state index in [1.807, 2.05) is 12.1 Å². The SMILES string of the molecule is OC1CCCN(CCCNc2ncccc2-c2ncon2)C1. The lowest BCUT2D eigenvalue weighted by Gasteiger charge is -2.29. The molecule has 7 nitrogen and oxygen atoms in total. The van der Waals surface area contributed by atoms with Gasteiger partial charge >= 0.3 is 0 Å². The van der Waals surface area contributed by atoms with Crippen molar-refractivity contribution in [3.63, 3.8) is 0 Å². The van der Waals surface area contributed by atoms with Gasteiger partial charge in [-0.15, -0.1) is 0 Å². The number of nitrogens with one attached hydrogen (secondary N) is 1. The summed E-state index contributed by atoms with van der Waals surface area (Å²) in [6, 6.07) is 3.77. The fourth-order valence-corrected chi connectivity index (χ4v) is 2.76. The normalized spacial score (nSPS) is 19.2. The third-order valence-corrected chi connectivity index (χ3v) is 3.83. The van der Waals surface area contributed by atoms with E-state index in [1.165, 1.54) is 6.39 Å². The molecular weight excluding hydrogens is 282 g/mol. The van der Waals surface area contributed by atoms with E-state index in [4.69, 9.17) is 4.52 Å². The van der Waals surface area contributed by atoms with Gasteiger partial charge in [-0.25, -0.2) is 4.98 Å². The average molecular weight is 303 g/mol. The van der Waals surface area contributed by atoms with Gasteiger partial charge < -0.3 is 19.8 Å². The molecule has 0 amide bonds. The first-order valence-electron chi connectivity index (χ1n) is 7.69. The maximum Gasteiger partial charge on any atom is 0.214 e. The monoisotopic (exact) mass is 303 g/mol. The van der Waals surface area contributed by atoms with Crippen LogP contribution in [-0.2, 0) is 0 Å². The molecule has 3 rings (SSSR count). The third kappa shape index (κ3) is 3.80. The van der Waals surface area contributed by atoms with Gasteiger partial charge in [0.05, 0.1) is 11.7 Å². The Kier molecular flexibility index (Phi) is 4.97. The topological polar surface area (TPSA) is 87.3 Å². The number of hydrogen-bond acceptors (Lipinski definition) is 7. The van der Waals surface area contributed by atoms with E-state index in [9.17, 15) is 5.11 Å². The van der Waals surface area contributed by atoms with E-state index in [0.717, 1.165) is 56.8 Å². The van der Waals surface area contributed by atoms with Gasteiger partial charge in [0.1, 0.15) is 5.82 Å². The Bertz CT molecular complexity index is 575. The molecule has 0 bridgehead atoms. The molecule has 0 saturated carbocycles. The summed E-state index contributed by atoms with van der Waals surface area (Å²) in [7, 11) is 0. The number of piperidine rings is 1. The summed E-state index contributed by atoms with van der Waals surface area (Å²) < 4.78 is 4.79. The molecule has 118 valence electrons. The first kappa shape index (κ1) is 14.9. The quantitative estimate of drug-likeness (QED) is 0.780. The lowest BCUT2D eigenvalue weighted by molar-refractivity contribution is 0.0706. The van der Waals surface area contributed by atoms with Crippen LogP contribution in [0.1, 0.15) is 19.3 Å². The summed E-state index contributed by atoms with van der Waals surface area (Å²) in [5, 5.41) is 16.9. The second-order valence-electron chi connectivity index (χ2n) is 5.53. The van der Waals surface area contributed by atoms with Gasteiger partial charge in [0.15, 0.2) is 0 Å². The van der Waals surface area contributed by atoms with Crippen LogP contribution in [-0.4, -0.2) is 57.4 Å². The minimum Gasteiger partial charge on any atom is -0.392 e. The predicted molar refractivity (Wildman–Crippen MR) is 82.3 cm³/mol. The van der Waals surface area contributed by atoms with E-state index < -0.39 is 0 Å². The molecule has 1 aliphatic rings. The second kappa shape index (κ2) is 7.33. The predicted octanol–water partition coefficient (Wildman–Crippen LogP) is 1.39. The molecule has 0 radical (unpaired) electrons. The number of likely N-dealkylation sites (tertiary alicyclic amines) is 1. The zero-order chi connectivity index (χ0) is 15.2. The van der Waals surface area contributed by atoms with Gasteiger partial charge in [0.2, 0.25) is 12.2 Å². The molecule has 2 aromatic rings. The first-order valence-corrected chi connectivity index (χ1v) is 7.69. The van der Waals surface area contributed by atoms with Crippen LogP contribution in [0.5, 0.6) is 0 Å². The minimum atomic E-state index is -0.164. The van der Waals surface area contributed by atoms with Gasteiger partial charge in [0.25, 0.3) is 0 Å². The average Bonchev–Trinajstić information content (AvgIpc) is 3.06. The second-order valence-corrected chi connectivity index (χ2v) is 5.53. The molecule has 7 heteroatoms. The number of β-amino-alcohol motifs (C(OH)–C–C–N with tert-alkyl or cyclic N) is 1. The highest BCUT2D eigenvalue weighted by Crippen LogP contribution is 2.22. The van der Waals surface area contributed by atoms with Crippen LogP contribution in [0, 0.1) is 0 Å². The van der Waals surface area contributed by atoms with Gasteiger partial charge in [0, 0.05) is 19.3 Å². The van der Waals surface area contributed by atoms with Crippen molar-refractivity contribution in [1.82, 2.24) is 20.0 Å². The number of anilines is 1. The number of nitrogens with zero attached hydrogens (tertiary/aromatic N) is 4. The molecule has 2 aromatic heterocycles. The van der Waals surface area contributed by atoms with Crippen LogP contribution in [0.4, 0.5) is 5.82 Å². The standard InChI is InChI=1S/C15H21N5O2/c21-12-4-2-8-20(10-12)9-3-7-17-14-13(5-1-6-16-14)15-18-11-22-19-15/h1,5-6,11-12,21H,2-4,7-10H2,(H,16,17). The fourth-order valence-electron chi connectivity index (χ4n) is 2.76. The van der Waals surface area contributed by atoms with E-state index in [1.54, 1.807) is 6.20 Å². The Morgan fingerprint density at radius 3 is 3.18 bits per heavy atom. The highest BCUT2D eigenvalue weighted by Gasteiger charge is 2.16. The summed E-state index contributed by atoms with van der Waals surface area (Å²) in [6.07, 6.45) is 5.89. The van der Waals surface area contributed by atoms with Gasteiger partial charge in [-0.1, -0.05) is 5.16 Å². The Morgan fingerprint density at radius 1 is 1.41 bits per heavy atom. The number of pyridine rings is 1. The van der Waals surface area contributed by atoms with Crippen molar-refractivity contribution in [3.8, 4) is 11.4 Å². The van der Waals surface area contributed by atoms with Gasteiger partial charge in [-0.3, -0.25) is 0 Å². The van der Waals surface area contributed by atoms with Crippen molar-refractivity contribution in [2.75, 3.05) is 31.5 Å². The number of hydrogen-bond donors (Lipinski definition) is 2. The molecule has 3 heterocycles. The van der Waals surface area contributed by atoms with Crippen molar-refractivity contribution >= 4 is 5.82 Å². The molecule has 0 aliphatic carbocycles. The molecule has 0 aromatic carbocycles. The largest absolute Gasteiger partial charge is 0.392 e. The highest BCUT2D eigenvalue weighted by molar-refractivity contribution is 5.69. The molecule has 0 spiro atoms. The molecule has 1 fully saturated rings. The van der Waals surface area contributed by atoms with Crippen LogP contribution in [0.2, 0.25) is 0 Å². The maximum absolute atomic E-state index is 9.67. The summed E-state index contributed by atoms with van der Waals surface area (Å²) in [6.45, 7) is 3.66. The summed E-state index contributed by atoms with van der Waals surface area (Å²) in [4.78, 5) is 10.7. The zero-order valence-electron chi connectivity index (χ0n) is 12.5. The van der Waals surface area contributed by atoms with Crippen molar-refractivity contribution in [1.29, 1.82) is 0 Å². The lowest BCUT2D eigenvalue weighted by atomic mass is 10.1. The molecule has 2 N–H and O–H groups in total. The highest BCUT2D eigenvalue weighted by atomic mass is 16.5. The summed E-state index contributed by atoms with van der Waals surface area (Å²) in [5.41, 5.74) is 0.838. The molecule has 1 aliphatic heterocycles. The number of aliphatic hydroxyl groups is 1. The molecule has 1 unspecified atom stereocenters. The Hall–Kier alpha value is -1.99. The third-order valence-electron chi connectivity index (χ3n) is 3.83. The molecular formula is C15H21N5O2. The number of aromatic nitrogens is 3. The number of rotatable bonds is 6. The Morgan fingerprint density at radius 2 is 2.36 bits per heavy atom. The first-order chi connectivity index (χ1) is 10.8. The van der Waals surface area contributed by atoms with Crippen LogP contribution >= 0.6 is 0 Å². The lowest BCUT2D eigenvalue weighted by Crippen LogP contribution is -2.39. The molecule has 1 saturated heterocycles. The number of aliphatic hydroxyl groups excluding tert-OH is 1. The summed E-state index contributed by atoms with van der Waals surface area (Å²) >= 11 is 0. The van der Waals surface area contributed by atoms with E-state index >= 15 is 0 Å². The van der Waals surface area contributed by atoms with Crippen LogP contribution in [0.25, 0.3) is 11.4 Å².